The molecule has 0 bridgehead atoms. The van der Waals surface area contributed by atoms with Gasteiger partial charge in [-0.2, -0.15) is 12.7 Å². The molecule has 0 radical (unpaired) electrons. The molecule has 2 N–H and O–H groups in total. The minimum atomic E-state index is -3.50. The van der Waals surface area contributed by atoms with Crippen LogP contribution >= 0.6 is 0 Å². The molecule has 7 heteroatoms. The molecule has 1 aromatic carbocycles. The lowest BCUT2D eigenvalue weighted by Crippen LogP contribution is -2.44. The van der Waals surface area contributed by atoms with Gasteiger partial charge in [0.05, 0.1) is 12.2 Å². The zero-order chi connectivity index (χ0) is 12.6. The summed E-state index contributed by atoms with van der Waals surface area (Å²) >= 11 is 0. The molecule has 0 atom stereocenters. The molecule has 0 unspecified atom stereocenters. The number of hydrogen-bond acceptors (Lipinski definition) is 4. The molecule has 2 rings (SSSR count). The Hall–Kier alpha value is -1.47. The number of hydrogen-bond donors (Lipinski definition) is 1. The number of benzene rings is 1. The summed E-state index contributed by atoms with van der Waals surface area (Å²) in [5.74, 6) is 0.538. The third kappa shape index (κ3) is 2.03. The topological polar surface area (TPSA) is 75.9 Å². The molecule has 0 aromatic heterocycles. The minimum Gasteiger partial charge on any atom is -0.489 e. The summed E-state index contributed by atoms with van der Waals surface area (Å²) in [6.07, 6.45) is 0. The molecule has 0 aliphatic carbocycles. The van der Waals surface area contributed by atoms with E-state index in [1.165, 1.54) is 22.7 Å². The molecule has 0 fully saturated rings. The number of ether oxygens (including phenoxy) is 1. The van der Waals surface area contributed by atoms with E-state index in [1.54, 1.807) is 18.2 Å². The number of nitrogens with zero attached hydrogens (tertiary/aromatic N) is 2. The van der Waals surface area contributed by atoms with Crippen molar-refractivity contribution < 1.29 is 13.2 Å². The normalized spacial score (nSPS) is 15.6. The lowest BCUT2D eigenvalue weighted by Gasteiger charge is -2.32. The molecule has 94 valence electrons. The molecule has 1 aliphatic rings. The van der Waals surface area contributed by atoms with Crippen LogP contribution in [0.1, 0.15) is 0 Å². The lowest BCUT2D eigenvalue weighted by atomic mass is 10.2. The van der Waals surface area contributed by atoms with Gasteiger partial charge in [0.15, 0.2) is 0 Å². The largest absolute Gasteiger partial charge is 0.489 e. The number of nitrogens with two attached hydrogens (primary N) is 1. The van der Waals surface area contributed by atoms with Crippen LogP contribution in [-0.4, -0.2) is 40.0 Å². The van der Waals surface area contributed by atoms with E-state index in [0.29, 0.717) is 23.7 Å². The zero-order valence-corrected chi connectivity index (χ0v) is 10.6. The predicted octanol–water partition coefficient (Wildman–Crippen LogP) is 0.274. The van der Waals surface area contributed by atoms with E-state index in [1.807, 2.05) is 0 Å². The van der Waals surface area contributed by atoms with Crippen LogP contribution in [0.4, 0.5) is 11.4 Å². The fraction of sp³-hybridized carbons (Fsp3) is 0.400. The van der Waals surface area contributed by atoms with Crippen molar-refractivity contribution in [3.8, 4) is 5.75 Å². The second kappa shape index (κ2) is 4.08. The summed E-state index contributed by atoms with van der Waals surface area (Å²) < 4.78 is 32.1. The van der Waals surface area contributed by atoms with Crippen LogP contribution in [-0.2, 0) is 10.2 Å². The quantitative estimate of drug-likeness (QED) is 0.772. The summed E-state index contributed by atoms with van der Waals surface area (Å²) in [5, 5.41) is 0. The van der Waals surface area contributed by atoms with E-state index in [9.17, 15) is 8.42 Å². The second-order valence-corrected chi connectivity index (χ2v) is 6.00. The third-order valence-electron chi connectivity index (χ3n) is 2.54. The number of nitrogen functional groups attached to an aromatic ring is 1. The van der Waals surface area contributed by atoms with Crippen molar-refractivity contribution in [3.05, 3.63) is 18.2 Å². The molecule has 0 spiro atoms. The molecule has 6 nitrogen and oxygen atoms in total. The molecular weight excluding hydrogens is 242 g/mol. The monoisotopic (exact) mass is 257 g/mol. The van der Waals surface area contributed by atoms with E-state index in [2.05, 4.69) is 0 Å². The molecule has 17 heavy (non-hydrogen) atoms. The van der Waals surface area contributed by atoms with Gasteiger partial charge in [0.1, 0.15) is 12.4 Å². The molecule has 1 aliphatic heterocycles. The van der Waals surface area contributed by atoms with Gasteiger partial charge in [-0.1, -0.05) is 0 Å². The van der Waals surface area contributed by atoms with Crippen molar-refractivity contribution in [1.82, 2.24) is 4.31 Å². The first-order chi connectivity index (χ1) is 7.93. The van der Waals surface area contributed by atoms with Crippen molar-refractivity contribution in [2.45, 2.75) is 0 Å². The third-order valence-corrected chi connectivity index (χ3v) is 4.40. The first-order valence-electron chi connectivity index (χ1n) is 5.15. The van der Waals surface area contributed by atoms with Crippen LogP contribution < -0.4 is 14.8 Å². The van der Waals surface area contributed by atoms with Gasteiger partial charge in [0.25, 0.3) is 0 Å². The van der Waals surface area contributed by atoms with E-state index < -0.39 is 10.2 Å². The Bertz CT molecular complexity index is 528. The van der Waals surface area contributed by atoms with Crippen molar-refractivity contribution >= 4 is 21.6 Å². The zero-order valence-electron chi connectivity index (χ0n) is 9.75. The summed E-state index contributed by atoms with van der Waals surface area (Å²) in [4.78, 5) is 0. The van der Waals surface area contributed by atoms with Gasteiger partial charge in [-0.05, 0) is 18.2 Å². The van der Waals surface area contributed by atoms with E-state index in [-0.39, 0.29) is 6.54 Å². The SMILES string of the molecule is CN(C)S(=O)(=O)N1CCOc2ccc(N)cc21. The summed E-state index contributed by atoms with van der Waals surface area (Å²) in [6.45, 7) is 0.626. The fourth-order valence-electron chi connectivity index (χ4n) is 1.65. The van der Waals surface area contributed by atoms with Crippen molar-refractivity contribution in [3.63, 3.8) is 0 Å². The maximum Gasteiger partial charge on any atom is 0.303 e. The highest BCUT2D eigenvalue weighted by atomic mass is 32.2. The van der Waals surface area contributed by atoms with Crippen LogP contribution in [0.15, 0.2) is 18.2 Å². The number of anilines is 2. The predicted molar refractivity (Wildman–Crippen MR) is 66.3 cm³/mol. The fourth-order valence-corrected chi connectivity index (χ4v) is 2.74. The average molecular weight is 257 g/mol. The standard InChI is InChI=1S/C10H15N3O3S/c1-12(2)17(14,15)13-5-6-16-10-4-3-8(11)7-9(10)13/h3-4,7H,5-6,11H2,1-2H3. The van der Waals surface area contributed by atoms with E-state index in [4.69, 9.17) is 10.5 Å². The first-order valence-corrected chi connectivity index (χ1v) is 6.55. The van der Waals surface area contributed by atoms with Crippen LogP contribution in [0.3, 0.4) is 0 Å². The highest BCUT2D eigenvalue weighted by molar-refractivity contribution is 7.90. The molecule has 1 heterocycles. The molecule has 0 saturated heterocycles. The average Bonchev–Trinajstić information content (AvgIpc) is 2.27. The smallest absolute Gasteiger partial charge is 0.303 e. The van der Waals surface area contributed by atoms with Crippen LogP contribution in [0.5, 0.6) is 5.75 Å². The Morgan fingerprint density at radius 1 is 1.41 bits per heavy atom. The van der Waals surface area contributed by atoms with Gasteiger partial charge in [-0.15, -0.1) is 0 Å². The Morgan fingerprint density at radius 2 is 2.12 bits per heavy atom. The van der Waals surface area contributed by atoms with Gasteiger partial charge >= 0.3 is 10.2 Å². The second-order valence-electron chi connectivity index (χ2n) is 3.94. The lowest BCUT2D eigenvalue weighted by molar-refractivity contribution is 0.314. The molecule has 0 amide bonds. The molecule has 0 saturated carbocycles. The highest BCUT2D eigenvalue weighted by Crippen LogP contribution is 2.35. The van der Waals surface area contributed by atoms with Crippen molar-refractivity contribution in [1.29, 1.82) is 0 Å². The summed E-state index contributed by atoms with van der Waals surface area (Å²) in [5.41, 5.74) is 6.67. The highest BCUT2D eigenvalue weighted by Gasteiger charge is 2.30. The first kappa shape index (κ1) is 12.0. The Balaban J connectivity index is 2.52. The van der Waals surface area contributed by atoms with Crippen molar-refractivity contribution in [2.75, 3.05) is 37.3 Å². The van der Waals surface area contributed by atoms with Crippen LogP contribution in [0.25, 0.3) is 0 Å². The van der Waals surface area contributed by atoms with Gasteiger partial charge < -0.3 is 10.5 Å². The Labute approximate surface area is 101 Å². The van der Waals surface area contributed by atoms with Crippen LogP contribution in [0.2, 0.25) is 0 Å². The summed E-state index contributed by atoms with van der Waals surface area (Å²) in [7, 11) is -0.505. The maximum absolute atomic E-state index is 12.1. The van der Waals surface area contributed by atoms with Gasteiger partial charge in [0, 0.05) is 19.8 Å². The Kier molecular flexibility index (Phi) is 2.88. The van der Waals surface area contributed by atoms with Gasteiger partial charge in [-0.25, -0.2) is 0 Å². The van der Waals surface area contributed by atoms with Gasteiger partial charge in [0.2, 0.25) is 0 Å². The Morgan fingerprint density at radius 3 is 2.76 bits per heavy atom. The summed E-state index contributed by atoms with van der Waals surface area (Å²) in [6, 6.07) is 4.97. The van der Waals surface area contributed by atoms with Crippen LogP contribution in [0, 0.1) is 0 Å². The number of fused-ring (bicyclic) bond motifs is 1. The molecule has 1 aromatic rings. The van der Waals surface area contributed by atoms with Gasteiger partial charge in [-0.3, -0.25) is 4.31 Å². The maximum atomic E-state index is 12.1. The molecular formula is C10H15N3O3S. The van der Waals surface area contributed by atoms with E-state index >= 15 is 0 Å². The van der Waals surface area contributed by atoms with E-state index in [0.717, 1.165) is 0 Å². The minimum absolute atomic E-state index is 0.289. The van der Waals surface area contributed by atoms with Crippen molar-refractivity contribution in [2.24, 2.45) is 0 Å². The number of rotatable bonds is 2.